The van der Waals surface area contributed by atoms with E-state index in [1.54, 1.807) is 14.1 Å². The van der Waals surface area contributed by atoms with E-state index in [1.165, 1.54) is 23.1 Å². The summed E-state index contributed by atoms with van der Waals surface area (Å²) in [6, 6.07) is 7.24. The predicted molar refractivity (Wildman–Crippen MR) is 97.7 cm³/mol. The highest BCUT2D eigenvalue weighted by molar-refractivity contribution is 6.33. The minimum absolute atomic E-state index is 0.00965. The smallest absolute Gasteiger partial charge is 0.338 e. The van der Waals surface area contributed by atoms with Gasteiger partial charge in [-0.1, -0.05) is 11.6 Å². The summed E-state index contributed by atoms with van der Waals surface area (Å²) in [6.45, 7) is -0.643. The average Bonchev–Trinajstić information content (AvgIpc) is 2.61. The van der Waals surface area contributed by atoms with Crippen LogP contribution in [0.1, 0.15) is 10.4 Å². The molecule has 0 heterocycles. The number of carbonyl (C=O) groups excluding carboxylic acids is 2. The molecule has 2 aromatic carbocycles. The number of nitrogens with one attached hydrogen (secondary N) is 1. The quantitative estimate of drug-likeness (QED) is 0.457. The fourth-order valence-electron chi connectivity index (χ4n) is 2.17. The van der Waals surface area contributed by atoms with Gasteiger partial charge in [-0.2, -0.15) is 0 Å². The van der Waals surface area contributed by atoms with Gasteiger partial charge in [0, 0.05) is 20.2 Å². The molecule has 0 saturated heterocycles. The van der Waals surface area contributed by atoms with E-state index in [0.29, 0.717) is 5.69 Å². The molecule has 0 fully saturated rings. The van der Waals surface area contributed by atoms with E-state index in [-0.39, 0.29) is 22.0 Å². The van der Waals surface area contributed by atoms with Gasteiger partial charge in [-0.15, -0.1) is 0 Å². The topological polar surface area (TPSA) is 102 Å². The predicted octanol–water partition coefficient (Wildman–Crippen LogP) is 3.25. The number of ether oxygens (including phenoxy) is 1. The number of carbonyl (C=O) groups is 2. The number of rotatable bonds is 6. The second kappa shape index (κ2) is 8.45. The molecule has 0 aliphatic heterocycles. The van der Waals surface area contributed by atoms with Gasteiger partial charge in [0.2, 0.25) is 0 Å². The second-order valence-electron chi connectivity index (χ2n) is 5.60. The van der Waals surface area contributed by atoms with E-state index in [9.17, 15) is 24.1 Å². The van der Waals surface area contributed by atoms with Crippen LogP contribution in [0, 0.1) is 15.9 Å². The molecule has 10 heteroatoms. The van der Waals surface area contributed by atoms with Crippen LogP contribution in [0.3, 0.4) is 0 Å². The molecule has 2 aromatic rings. The van der Waals surface area contributed by atoms with Crippen LogP contribution in [0.25, 0.3) is 0 Å². The van der Waals surface area contributed by atoms with Crippen LogP contribution in [0.4, 0.5) is 21.5 Å². The van der Waals surface area contributed by atoms with Crippen LogP contribution in [0.15, 0.2) is 36.4 Å². The van der Waals surface area contributed by atoms with Crippen molar-refractivity contribution in [3.8, 4) is 0 Å². The Hall–Kier alpha value is -3.20. The average molecular weight is 396 g/mol. The largest absolute Gasteiger partial charge is 0.452 e. The molecule has 0 aromatic heterocycles. The number of nitrogens with zero attached hydrogens (tertiary/aromatic N) is 2. The van der Waals surface area contributed by atoms with Crippen LogP contribution >= 0.6 is 11.6 Å². The van der Waals surface area contributed by atoms with Crippen LogP contribution in [-0.4, -0.2) is 37.5 Å². The Morgan fingerprint density at radius 3 is 2.56 bits per heavy atom. The first kappa shape index (κ1) is 20.1. The standard InChI is InChI=1S/C17H15ClFN3O5/c1-21(2)14-6-3-10(7-15(14)22(25)26)17(24)27-9-16(23)20-13-5-4-11(19)8-12(13)18/h3-8H,9H2,1-2H3,(H,20,23). The second-order valence-corrected chi connectivity index (χ2v) is 6.01. The molecule has 1 amide bonds. The van der Waals surface area contributed by atoms with E-state index in [2.05, 4.69) is 5.32 Å². The number of nitro groups is 1. The number of hydrogen-bond donors (Lipinski definition) is 1. The first-order valence-corrected chi connectivity index (χ1v) is 7.94. The van der Waals surface area contributed by atoms with Crippen molar-refractivity contribution in [2.75, 3.05) is 30.9 Å². The Bertz CT molecular complexity index is 904. The third-order valence-electron chi connectivity index (χ3n) is 3.43. The van der Waals surface area contributed by atoms with Crippen molar-refractivity contribution in [3.63, 3.8) is 0 Å². The van der Waals surface area contributed by atoms with Crippen LogP contribution in [-0.2, 0) is 9.53 Å². The van der Waals surface area contributed by atoms with Crippen molar-refractivity contribution in [2.45, 2.75) is 0 Å². The lowest BCUT2D eigenvalue weighted by molar-refractivity contribution is -0.384. The minimum Gasteiger partial charge on any atom is -0.452 e. The molecule has 0 aliphatic rings. The number of amides is 1. The van der Waals surface area contributed by atoms with Gasteiger partial charge < -0.3 is 15.0 Å². The minimum atomic E-state index is -0.899. The number of esters is 1. The maximum absolute atomic E-state index is 13.0. The molecule has 0 unspecified atom stereocenters. The zero-order valence-electron chi connectivity index (χ0n) is 14.4. The van der Waals surface area contributed by atoms with Crippen LogP contribution in [0.5, 0.6) is 0 Å². The monoisotopic (exact) mass is 395 g/mol. The van der Waals surface area contributed by atoms with Crippen molar-refractivity contribution in [1.29, 1.82) is 0 Å². The first-order valence-electron chi connectivity index (χ1n) is 7.57. The van der Waals surface area contributed by atoms with Gasteiger partial charge in [0.15, 0.2) is 6.61 Å². The van der Waals surface area contributed by atoms with Crippen molar-refractivity contribution >= 4 is 40.5 Å². The molecule has 27 heavy (non-hydrogen) atoms. The Kier molecular flexibility index (Phi) is 6.30. The molecule has 0 saturated carbocycles. The van der Waals surface area contributed by atoms with Gasteiger partial charge in [-0.05, 0) is 30.3 Å². The van der Waals surface area contributed by atoms with E-state index < -0.39 is 29.2 Å². The molecule has 0 aliphatic carbocycles. The maximum atomic E-state index is 13.0. The van der Waals surface area contributed by atoms with Gasteiger partial charge in [0.1, 0.15) is 11.5 Å². The third kappa shape index (κ3) is 5.14. The zero-order chi connectivity index (χ0) is 20.1. The van der Waals surface area contributed by atoms with Crippen molar-refractivity contribution in [2.24, 2.45) is 0 Å². The first-order chi connectivity index (χ1) is 12.7. The Morgan fingerprint density at radius 1 is 1.26 bits per heavy atom. The van der Waals surface area contributed by atoms with Gasteiger partial charge in [-0.25, -0.2) is 9.18 Å². The van der Waals surface area contributed by atoms with E-state index in [4.69, 9.17) is 16.3 Å². The van der Waals surface area contributed by atoms with Gasteiger partial charge in [0.05, 0.1) is 21.2 Å². The Morgan fingerprint density at radius 2 is 1.96 bits per heavy atom. The highest BCUT2D eigenvalue weighted by Gasteiger charge is 2.20. The summed E-state index contributed by atoms with van der Waals surface area (Å²) < 4.78 is 17.8. The summed E-state index contributed by atoms with van der Waals surface area (Å²) >= 11 is 5.79. The van der Waals surface area contributed by atoms with Gasteiger partial charge in [0.25, 0.3) is 11.6 Å². The fourth-order valence-corrected chi connectivity index (χ4v) is 2.38. The molecule has 142 valence electrons. The molecule has 0 spiro atoms. The lowest BCUT2D eigenvalue weighted by atomic mass is 10.1. The van der Waals surface area contributed by atoms with E-state index in [0.717, 1.165) is 18.2 Å². The molecule has 0 atom stereocenters. The summed E-state index contributed by atoms with van der Waals surface area (Å²) in [4.78, 5) is 36.0. The lowest BCUT2D eigenvalue weighted by Crippen LogP contribution is -2.21. The highest BCUT2D eigenvalue weighted by Crippen LogP contribution is 2.28. The molecular formula is C17H15ClFN3O5. The molecular weight excluding hydrogens is 381 g/mol. The number of anilines is 2. The van der Waals surface area contributed by atoms with E-state index >= 15 is 0 Å². The number of halogens is 2. The zero-order valence-corrected chi connectivity index (χ0v) is 15.1. The lowest BCUT2D eigenvalue weighted by Gasteiger charge is -2.13. The number of hydrogen-bond acceptors (Lipinski definition) is 6. The maximum Gasteiger partial charge on any atom is 0.338 e. The third-order valence-corrected chi connectivity index (χ3v) is 3.74. The highest BCUT2D eigenvalue weighted by atomic mass is 35.5. The normalized spacial score (nSPS) is 10.2. The molecule has 0 bridgehead atoms. The van der Waals surface area contributed by atoms with Crippen molar-refractivity contribution in [3.05, 3.63) is 62.9 Å². The Labute approximate surface area is 158 Å². The summed E-state index contributed by atoms with van der Waals surface area (Å²) in [6.07, 6.45) is 0. The summed E-state index contributed by atoms with van der Waals surface area (Å²) in [5.74, 6) is -2.16. The Balaban J connectivity index is 2.03. The number of nitro benzene ring substituents is 1. The molecule has 1 N–H and O–H groups in total. The fraction of sp³-hybridized carbons (Fsp3) is 0.176. The molecule has 8 nitrogen and oxygen atoms in total. The van der Waals surface area contributed by atoms with Gasteiger partial charge >= 0.3 is 5.97 Å². The molecule has 2 rings (SSSR count). The van der Waals surface area contributed by atoms with Crippen LogP contribution in [0.2, 0.25) is 5.02 Å². The van der Waals surface area contributed by atoms with Crippen molar-refractivity contribution < 1.29 is 23.6 Å². The van der Waals surface area contributed by atoms with Crippen LogP contribution < -0.4 is 10.2 Å². The summed E-state index contributed by atoms with van der Waals surface area (Å²) in [7, 11) is 3.26. The molecule has 0 radical (unpaired) electrons. The SMILES string of the molecule is CN(C)c1ccc(C(=O)OCC(=O)Nc2ccc(F)cc2Cl)cc1[N+](=O)[O-]. The van der Waals surface area contributed by atoms with Gasteiger partial charge in [-0.3, -0.25) is 14.9 Å². The summed E-state index contributed by atoms with van der Waals surface area (Å²) in [5, 5.41) is 13.5. The van der Waals surface area contributed by atoms with Crippen molar-refractivity contribution in [1.82, 2.24) is 0 Å². The summed E-state index contributed by atoms with van der Waals surface area (Å²) in [5.41, 5.74) is 0.141. The van der Waals surface area contributed by atoms with E-state index in [1.807, 2.05) is 0 Å². The number of benzene rings is 2.